The molecule has 4 rings (SSSR count). The van der Waals surface area contributed by atoms with Crippen LogP contribution >= 0.6 is 11.3 Å². The third kappa shape index (κ3) is 1.84. The molecule has 4 aromatic rings. The van der Waals surface area contributed by atoms with Crippen LogP contribution in [0.15, 0.2) is 71.7 Å². The van der Waals surface area contributed by atoms with Crippen molar-refractivity contribution >= 4 is 32.9 Å². The highest BCUT2D eigenvalue weighted by Crippen LogP contribution is 2.34. The van der Waals surface area contributed by atoms with Gasteiger partial charge < -0.3 is 0 Å². The first kappa shape index (κ1) is 11.4. The smallest absolute Gasteiger partial charge is 0.229 e. The van der Waals surface area contributed by atoms with Crippen LogP contribution in [0.5, 0.6) is 5.75 Å². The van der Waals surface area contributed by atoms with E-state index in [-0.39, 0.29) is 0 Å². The first-order chi connectivity index (χ1) is 9.92. The molecule has 2 nitrogen and oxygen atoms in total. The monoisotopic (exact) mass is 278 g/mol. The molecule has 1 heterocycles. The van der Waals surface area contributed by atoms with Crippen molar-refractivity contribution < 1.29 is 9.57 Å². The minimum atomic E-state index is 0.905. The molecule has 0 saturated heterocycles. The Bertz CT molecular complexity index is 830. The maximum Gasteiger partial charge on any atom is 0.277 e. The van der Waals surface area contributed by atoms with Gasteiger partial charge in [0.05, 0.1) is 5.38 Å². The quantitative estimate of drug-likeness (QED) is 0.396. The van der Waals surface area contributed by atoms with Crippen molar-refractivity contribution in [3.63, 3.8) is 0 Å². The molecule has 96 valence electrons. The van der Waals surface area contributed by atoms with Crippen molar-refractivity contribution in [1.82, 2.24) is 0 Å². The minimum Gasteiger partial charge on any atom is -0.229 e. The Morgan fingerprint density at radius 3 is 2.10 bits per heavy atom. The first-order valence-corrected chi connectivity index (χ1v) is 7.38. The fraction of sp³-hybridized carbons (Fsp3) is 0. The Hall–Kier alpha value is -2.39. The molecule has 0 unspecified atom stereocenters. The van der Waals surface area contributed by atoms with E-state index in [0.717, 1.165) is 16.5 Å². The largest absolute Gasteiger partial charge is 0.277 e. The van der Waals surface area contributed by atoms with E-state index in [4.69, 9.17) is 4.84 Å². The van der Waals surface area contributed by atoms with Crippen LogP contribution < -0.4 is 9.57 Å². The Labute approximate surface area is 120 Å². The van der Waals surface area contributed by atoms with Crippen molar-refractivity contribution in [2.45, 2.75) is 0 Å². The van der Waals surface area contributed by atoms with Crippen LogP contribution in [0.25, 0.3) is 21.5 Å². The van der Waals surface area contributed by atoms with Gasteiger partial charge in [-0.3, -0.25) is 0 Å². The molecule has 0 radical (unpaired) electrons. The number of fused-ring (bicyclic) bond motifs is 2. The Kier molecular flexibility index (Phi) is 2.64. The first-order valence-electron chi connectivity index (χ1n) is 6.44. The van der Waals surface area contributed by atoms with Gasteiger partial charge in [-0.25, -0.2) is 4.84 Å². The molecule has 20 heavy (non-hydrogen) atoms. The summed E-state index contributed by atoms with van der Waals surface area (Å²) in [5.74, 6) is 0.905. The summed E-state index contributed by atoms with van der Waals surface area (Å²) in [7, 11) is 0. The molecule has 0 aliphatic carbocycles. The van der Waals surface area contributed by atoms with Crippen LogP contribution in [-0.4, -0.2) is 0 Å². The summed E-state index contributed by atoms with van der Waals surface area (Å²) in [5.41, 5.74) is 1.94. The van der Waals surface area contributed by atoms with Gasteiger partial charge in [-0.15, -0.1) is 0 Å². The summed E-state index contributed by atoms with van der Waals surface area (Å²) in [6, 6.07) is 18.8. The molecule has 0 aliphatic heterocycles. The molecule has 3 heteroatoms. The third-order valence-corrected chi connectivity index (χ3v) is 3.98. The Morgan fingerprint density at radius 1 is 0.850 bits per heavy atom. The van der Waals surface area contributed by atoms with Gasteiger partial charge in [0, 0.05) is 15.5 Å². The van der Waals surface area contributed by atoms with Crippen LogP contribution in [0.2, 0.25) is 0 Å². The lowest BCUT2D eigenvalue weighted by atomic mass is 10.0. The van der Waals surface area contributed by atoms with E-state index < -0.39 is 0 Å². The number of hydrogen-bond acceptors (Lipinski definition) is 2. The average Bonchev–Trinajstić information content (AvgIpc) is 3.00. The summed E-state index contributed by atoms with van der Waals surface area (Å²) in [6.07, 6.45) is 1.92. The SMILES string of the molecule is c1ccc2c(O[n+]3ccsc3)c3ccccc3cc2c1. The molecule has 1 aromatic heterocycles. The Morgan fingerprint density at radius 2 is 1.50 bits per heavy atom. The van der Waals surface area contributed by atoms with Crippen LogP contribution in [0.4, 0.5) is 0 Å². The van der Waals surface area contributed by atoms with Gasteiger partial charge in [0.1, 0.15) is 0 Å². The van der Waals surface area contributed by atoms with E-state index in [0.29, 0.717) is 0 Å². The maximum atomic E-state index is 6.07. The van der Waals surface area contributed by atoms with Gasteiger partial charge in [0.2, 0.25) is 11.9 Å². The molecule has 0 aliphatic rings. The minimum absolute atomic E-state index is 0.905. The van der Waals surface area contributed by atoms with E-state index in [1.165, 1.54) is 10.8 Å². The number of aromatic nitrogens is 1. The van der Waals surface area contributed by atoms with Crippen LogP contribution in [0.3, 0.4) is 0 Å². The summed E-state index contributed by atoms with van der Waals surface area (Å²) < 4.78 is 1.75. The van der Waals surface area contributed by atoms with Crippen molar-refractivity contribution in [3.8, 4) is 5.75 Å². The predicted octanol–water partition coefficient (Wildman–Crippen LogP) is 4.18. The predicted molar refractivity (Wildman–Crippen MR) is 82.0 cm³/mol. The van der Waals surface area contributed by atoms with E-state index in [1.54, 1.807) is 16.1 Å². The van der Waals surface area contributed by atoms with Crippen molar-refractivity contribution in [2.75, 3.05) is 0 Å². The number of hydrogen-bond donors (Lipinski definition) is 0. The van der Waals surface area contributed by atoms with Gasteiger partial charge in [-0.05, 0) is 16.8 Å². The third-order valence-electron chi connectivity index (χ3n) is 3.37. The molecule has 0 fully saturated rings. The summed E-state index contributed by atoms with van der Waals surface area (Å²) >= 11 is 1.61. The van der Waals surface area contributed by atoms with Crippen LogP contribution in [-0.2, 0) is 0 Å². The van der Waals surface area contributed by atoms with Crippen molar-refractivity contribution in [2.24, 2.45) is 0 Å². The second-order valence-corrected chi connectivity index (χ2v) is 5.38. The molecule has 0 atom stereocenters. The fourth-order valence-corrected chi connectivity index (χ4v) is 2.95. The van der Waals surface area contributed by atoms with Gasteiger partial charge in [-0.1, -0.05) is 59.9 Å². The summed E-state index contributed by atoms with van der Waals surface area (Å²) in [5, 5.41) is 6.64. The molecule has 0 amide bonds. The van der Waals surface area contributed by atoms with Crippen LogP contribution in [0, 0.1) is 0 Å². The van der Waals surface area contributed by atoms with Crippen LogP contribution in [0.1, 0.15) is 0 Å². The number of thiazole rings is 1. The normalized spacial score (nSPS) is 11.0. The maximum absolute atomic E-state index is 6.07. The number of rotatable bonds is 2. The zero-order valence-electron chi connectivity index (χ0n) is 10.7. The second kappa shape index (κ2) is 4.62. The van der Waals surface area contributed by atoms with Crippen molar-refractivity contribution in [1.29, 1.82) is 0 Å². The van der Waals surface area contributed by atoms with E-state index in [2.05, 4.69) is 42.5 Å². The summed E-state index contributed by atoms with van der Waals surface area (Å²) in [6.45, 7) is 0. The highest BCUT2D eigenvalue weighted by molar-refractivity contribution is 7.07. The second-order valence-electron chi connectivity index (χ2n) is 4.63. The molecule has 0 N–H and O–H groups in total. The molecule has 0 spiro atoms. The Balaban J connectivity index is 2.06. The zero-order valence-corrected chi connectivity index (χ0v) is 11.5. The van der Waals surface area contributed by atoms with Gasteiger partial charge in [-0.2, -0.15) is 0 Å². The highest BCUT2D eigenvalue weighted by atomic mass is 32.1. The fourth-order valence-electron chi connectivity index (χ4n) is 2.45. The lowest BCUT2D eigenvalue weighted by molar-refractivity contribution is -0.871. The molecule has 0 bridgehead atoms. The standard InChI is InChI=1S/C17H12NOS/c1-3-7-15-13(5-1)11-14-6-2-4-8-16(14)17(15)19-18-9-10-20-12-18/h1-12H/q+1. The van der Waals surface area contributed by atoms with E-state index in [9.17, 15) is 0 Å². The molecular formula is C17H12NOS+. The topological polar surface area (TPSA) is 13.1 Å². The molecule has 0 saturated carbocycles. The van der Waals surface area contributed by atoms with Gasteiger partial charge >= 0.3 is 0 Å². The zero-order chi connectivity index (χ0) is 13.4. The highest BCUT2D eigenvalue weighted by Gasteiger charge is 2.13. The van der Waals surface area contributed by atoms with Gasteiger partial charge in [0.15, 0.2) is 0 Å². The molecular weight excluding hydrogens is 266 g/mol. The average molecular weight is 278 g/mol. The van der Waals surface area contributed by atoms with Gasteiger partial charge in [0.25, 0.3) is 5.51 Å². The van der Waals surface area contributed by atoms with Crippen molar-refractivity contribution in [3.05, 3.63) is 71.7 Å². The number of nitrogens with zero attached hydrogens (tertiary/aromatic N) is 1. The lowest BCUT2D eigenvalue weighted by Gasteiger charge is -2.07. The number of benzene rings is 3. The lowest BCUT2D eigenvalue weighted by Crippen LogP contribution is -2.36. The van der Waals surface area contributed by atoms with E-state index >= 15 is 0 Å². The molecule has 3 aromatic carbocycles. The van der Waals surface area contributed by atoms with E-state index in [1.807, 2.05) is 29.2 Å². The summed E-state index contributed by atoms with van der Waals surface area (Å²) in [4.78, 5) is 6.07.